The Kier molecular flexibility index (Phi) is 25.0. The molecule has 0 unspecified atom stereocenters. The van der Waals surface area contributed by atoms with Crippen molar-refractivity contribution in [3.05, 3.63) is 0 Å². The van der Waals surface area contributed by atoms with Gasteiger partial charge in [-0.2, -0.15) is 0 Å². The maximum atomic E-state index is 11.1. The third-order valence-electron chi connectivity index (χ3n) is 14.8. The highest BCUT2D eigenvalue weighted by Gasteiger charge is 2.36. The van der Waals surface area contributed by atoms with Gasteiger partial charge in [0.25, 0.3) is 0 Å². The summed E-state index contributed by atoms with van der Waals surface area (Å²) in [5, 5.41) is 10.0. The van der Waals surface area contributed by atoms with Crippen molar-refractivity contribution in [2.45, 2.75) is 207 Å². The van der Waals surface area contributed by atoms with Crippen molar-refractivity contribution < 1.29 is 14.6 Å². The first-order valence-electron chi connectivity index (χ1n) is 22.6. The molecule has 6 aliphatic carbocycles. The molecule has 0 aromatic heterocycles. The largest absolute Gasteiger partial charge is 1.00 e. The first-order valence-corrected chi connectivity index (χ1v) is 28.3. The third kappa shape index (κ3) is 19.7. The van der Waals surface area contributed by atoms with Gasteiger partial charge in [0, 0.05) is 18.3 Å². The number of aliphatic hydroxyl groups is 1. The number of hydrogen-bond acceptors (Lipinski definition) is 2. The molecule has 0 aromatic carbocycles. The van der Waals surface area contributed by atoms with E-state index in [0.29, 0.717) is 5.78 Å². The van der Waals surface area contributed by atoms with Gasteiger partial charge in [0.1, 0.15) is 19.5 Å². The lowest BCUT2D eigenvalue weighted by Crippen LogP contribution is -3.00. The van der Waals surface area contributed by atoms with Crippen molar-refractivity contribution in [2.24, 2.45) is 58.7 Å². The average Bonchev–Trinajstić information content (AvgIpc) is 3.18. The molecular formula is C50H85FIO2Si-. The summed E-state index contributed by atoms with van der Waals surface area (Å²) in [6, 6.07) is 0. The molecule has 1 N–H and O–H groups in total. The fourth-order valence-electron chi connectivity index (χ4n) is 10.3. The minimum absolute atomic E-state index is 0. The topological polar surface area (TPSA) is 37.3 Å². The average molecular weight is 892 g/mol. The van der Waals surface area contributed by atoms with E-state index in [1.165, 1.54) is 116 Å². The Morgan fingerprint density at radius 1 is 0.545 bits per heavy atom. The fourth-order valence-corrected chi connectivity index (χ4v) is 10.3. The zero-order chi connectivity index (χ0) is 40.4. The zero-order valence-electron chi connectivity index (χ0n) is 37.0. The first kappa shape index (κ1) is 52.2. The van der Waals surface area contributed by atoms with Gasteiger partial charge in [-0.25, -0.2) is 0 Å². The maximum absolute atomic E-state index is 11.1. The van der Waals surface area contributed by atoms with Crippen LogP contribution in [0.25, 0.3) is 0 Å². The molecule has 55 heavy (non-hydrogen) atoms. The van der Waals surface area contributed by atoms with E-state index in [0.717, 1.165) is 91.8 Å². The van der Waals surface area contributed by atoms with Gasteiger partial charge in [-0.05, 0) is 168 Å². The molecule has 0 aromatic rings. The summed E-state index contributed by atoms with van der Waals surface area (Å²) in [5.41, 5.74) is 2.18. The molecule has 0 spiro atoms. The first-order chi connectivity index (χ1) is 25.6. The van der Waals surface area contributed by atoms with Crippen molar-refractivity contribution in [1.29, 1.82) is 0 Å². The van der Waals surface area contributed by atoms with Gasteiger partial charge in [-0.3, -0.25) is 4.79 Å². The molecule has 5 heteroatoms. The fraction of sp³-hybridized carbons (Fsp3) is 0.860. The number of terminal acetylenes is 3. The number of Topliss-reactive ketones (excluding diaryl/α,β-unsaturated/α-hetero) is 1. The van der Waals surface area contributed by atoms with Crippen molar-refractivity contribution in [3.63, 3.8) is 0 Å². The summed E-state index contributed by atoms with van der Waals surface area (Å²) in [5.74, 6) is 14.6. The van der Waals surface area contributed by atoms with Gasteiger partial charge >= 0.3 is 0 Å². The molecule has 316 valence electrons. The van der Waals surface area contributed by atoms with Gasteiger partial charge in [0.15, 0.2) is 0 Å². The second kappa shape index (κ2) is 26.3. The molecule has 0 amide bonds. The molecule has 0 bridgehead atoms. The van der Waals surface area contributed by atoms with E-state index in [4.69, 9.17) is 19.3 Å². The highest BCUT2D eigenvalue weighted by atomic mass is 127. The third-order valence-corrected chi connectivity index (χ3v) is 15.7. The van der Waals surface area contributed by atoms with Crippen LogP contribution in [-0.2, 0) is 4.79 Å². The van der Waals surface area contributed by atoms with Crippen LogP contribution in [0.3, 0.4) is 0 Å². The van der Waals surface area contributed by atoms with Gasteiger partial charge in [-0.1, -0.05) is 107 Å². The smallest absolute Gasteiger partial charge is 0.132 e. The van der Waals surface area contributed by atoms with Crippen LogP contribution in [0.5, 0.6) is 0 Å². The van der Waals surface area contributed by atoms with Crippen LogP contribution in [0.1, 0.15) is 182 Å². The van der Waals surface area contributed by atoms with E-state index < -0.39 is 13.7 Å². The molecule has 6 rings (SSSR count). The van der Waals surface area contributed by atoms with Crippen LogP contribution < -0.4 is 4.70 Å². The molecule has 0 heterocycles. The minimum atomic E-state index is -1.10. The molecule has 0 aliphatic heterocycles. The Balaban J connectivity index is 0.000000374. The van der Waals surface area contributed by atoms with E-state index in [-0.39, 0.29) is 10.1 Å². The molecule has 6 aliphatic rings. The summed E-state index contributed by atoms with van der Waals surface area (Å²) >= 11 is 2.15. The lowest BCUT2D eigenvalue weighted by molar-refractivity contribution is -0.121. The van der Waals surface area contributed by atoms with Crippen molar-refractivity contribution >= 4 is 36.4 Å². The molecule has 0 atom stereocenters. The number of ketones is 1. The van der Waals surface area contributed by atoms with Crippen LogP contribution >= 0.6 is 22.6 Å². The summed E-state index contributed by atoms with van der Waals surface area (Å²) in [6.45, 7) is 15.9. The van der Waals surface area contributed by atoms with Crippen molar-refractivity contribution in [1.82, 2.24) is 0 Å². The molecule has 0 saturated heterocycles. The van der Waals surface area contributed by atoms with E-state index in [2.05, 4.69) is 87.3 Å². The van der Waals surface area contributed by atoms with Crippen molar-refractivity contribution in [3.8, 4) is 36.7 Å². The van der Waals surface area contributed by atoms with E-state index >= 15 is 0 Å². The predicted octanol–water partition coefficient (Wildman–Crippen LogP) is 11.1. The highest BCUT2D eigenvalue weighted by molar-refractivity contribution is 14.1. The van der Waals surface area contributed by atoms with E-state index in [1.807, 2.05) is 4.93 Å². The number of carbonyl (C=O) groups is 1. The number of hydrogen-bond donors (Lipinski definition) is 1. The van der Waals surface area contributed by atoms with Crippen LogP contribution in [0.15, 0.2) is 0 Å². The second-order valence-electron chi connectivity index (χ2n) is 20.4. The Hall–Kier alpha value is -0.813. The number of alkyl halides is 1. The standard InChI is InChI=1S/C16H26.C15H24O.C13H22O.C5H10Si.CH3I.FH/c1-4-16(3)11-9-15(10-12-16)14-7-5-13(2)6-8-14;1-3-15(16)10-8-14(9-11-15)13-6-4-12(2)5-7-13;1-10-2-4-11(5-3-10)12-6-8-13(14)9-7-12;1-5-6(2,3)4;1-2;/h1,13-15H,5-12H2,2-3H3;1,12-14,16H,4-11H2,2H3;10-12H,2-9H2,1H3;1H,2-4H3;1H3;1H/p-1. The van der Waals surface area contributed by atoms with Gasteiger partial charge in [-0.15, -0.1) is 30.7 Å². The SMILES string of the molecule is C#CC1(C)CCC(C2CCC(C)CC2)CC1.C#CC1(O)CCC(C2CCC(C)CC2)CC1.C#C[Si](C)(C)C.CC1CCC(C2CCC(=O)CC2)CC1.CI.[F-]. The van der Waals surface area contributed by atoms with Crippen molar-refractivity contribution in [2.75, 3.05) is 4.93 Å². The summed E-state index contributed by atoms with van der Waals surface area (Å²) < 4.78 is 0. The molecule has 6 fully saturated rings. The van der Waals surface area contributed by atoms with Crippen LogP contribution in [0, 0.1) is 95.3 Å². The van der Waals surface area contributed by atoms with Gasteiger partial charge in [0.2, 0.25) is 0 Å². The summed E-state index contributed by atoms with van der Waals surface area (Å²) in [6.07, 6.45) is 46.7. The van der Waals surface area contributed by atoms with E-state index in [9.17, 15) is 9.90 Å². The lowest BCUT2D eigenvalue weighted by atomic mass is 9.65. The quantitative estimate of drug-likeness (QED) is 0.133. The lowest BCUT2D eigenvalue weighted by Gasteiger charge is -2.39. The molecule has 2 nitrogen and oxygen atoms in total. The van der Waals surface area contributed by atoms with Crippen LogP contribution in [0.2, 0.25) is 19.6 Å². The van der Waals surface area contributed by atoms with Gasteiger partial charge in [0.05, 0.1) is 0 Å². The monoisotopic (exact) mass is 892 g/mol. The number of carbonyl (C=O) groups excluding carboxylic acids is 1. The Bertz CT molecular complexity index is 1100. The zero-order valence-corrected chi connectivity index (χ0v) is 40.2. The Labute approximate surface area is 356 Å². The normalized spacial score (nSPS) is 36.5. The van der Waals surface area contributed by atoms with E-state index in [1.54, 1.807) is 0 Å². The number of rotatable bonds is 3. The Morgan fingerprint density at radius 3 is 1.09 bits per heavy atom. The predicted molar refractivity (Wildman–Crippen MR) is 247 cm³/mol. The summed E-state index contributed by atoms with van der Waals surface area (Å²) in [7, 11) is -1.10. The van der Waals surface area contributed by atoms with Crippen LogP contribution in [0.4, 0.5) is 0 Å². The number of halogens is 2. The van der Waals surface area contributed by atoms with Crippen LogP contribution in [-0.4, -0.2) is 29.5 Å². The highest BCUT2D eigenvalue weighted by Crippen LogP contribution is 2.45. The Morgan fingerprint density at radius 2 is 0.818 bits per heavy atom. The molecular weight excluding hydrogens is 807 g/mol. The minimum Gasteiger partial charge on any atom is -1.00 e. The second-order valence-corrected chi connectivity index (χ2v) is 25.2. The molecule has 0 radical (unpaired) electrons. The summed E-state index contributed by atoms with van der Waals surface area (Å²) in [4.78, 5) is 13.1. The maximum Gasteiger partial charge on any atom is 0.132 e. The molecule has 6 saturated carbocycles. The van der Waals surface area contributed by atoms with Gasteiger partial charge < -0.3 is 9.81 Å².